The van der Waals surface area contributed by atoms with E-state index < -0.39 is 0 Å². The van der Waals surface area contributed by atoms with Gasteiger partial charge in [-0.15, -0.1) is 0 Å². The number of hydrogen-bond acceptors (Lipinski definition) is 5. The van der Waals surface area contributed by atoms with Crippen molar-refractivity contribution in [2.45, 2.75) is 32.2 Å². The highest BCUT2D eigenvalue weighted by atomic mass is 16.6. The molecule has 0 spiro atoms. The number of rotatable bonds is 6. The zero-order chi connectivity index (χ0) is 23.2. The highest BCUT2D eigenvalue weighted by Crippen LogP contribution is 2.32. The first-order valence-electron chi connectivity index (χ1n) is 11.6. The average molecular weight is 451 g/mol. The molecule has 4 rings (SSSR count). The first kappa shape index (κ1) is 22.8. The molecule has 2 amide bonds. The van der Waals surface area contributed by atoms with Gasteiger partial charge in [0.15, 0.2) is 0 Å². The standard InChI is InChI=1S/C25H30N4O4/c30-24(26-18-19-6-2-1-3-7-19)20-10-16-28(17-11-20)25(31)21-12-14-27(15-13-21)22-8-4-5-9-23(22)29(32)33/h1-9,20-21H,10-18H2,(H,26,30). The highest BCUT2D eigenvalue weighted by molar-refractivity contribution is 5.81. The Labute approximate surface area is 193 Å². The Bertz CT molecular complexity index is 981. The van der Waals surface area contributed by atoms with Gasteiger partial charge in [0, 0.05) is 50.6 Å². The molecule has 2 aromatic rings. The van der Waals surface area contributed by atoms with Crippen LogP contribution in [-0.2, 0) is 16.1 Å². The summed E-state index contributed by atoms with van der Waals surface area (Å²) >= 11 is 0. The number of amides is 2. The minimum atomic E-state index is -0.354. The largest absolute Gasteiger partial charge is 0.366 e. The summed E-state index contributed by atoms with van der Waals surface area (Å²) in [6.07, 6.45) is 2.73. The van der Waals surface area contributed by atoms with Crippen molar-refractivity contribution in [3.05, 3.63) is 70.3 Å². The number of nitrogens with one attached hydrogen (secondary N) is 1. The molecule has 8 nitrogen and oxygen atoms in total. The molecule has 0 bridgehead atoms. The van der Waals surface area contributed by atoms with Crippen LogP contribution < -0.4 is 10.2 Å². The summed E-state index contributed by atoms with van der Waals surface area (Å²) in [5.41, 5.74) is 1.80. The van der Waals surface area contributed by atoms with Crippen LogP contribution in [0.3, 0.4) is 0 Å². The predicted octanol–water partition coefficient (Wildman–Crippen LogP) is 3.37. The molecular formula is C25H30N4O4. The van der Waals surface area contributed by atoms with E-state index in [9.17, 15) is 19.7 Å². The van der Waals surface area contributed by atoms with E-state index in [2.05, 4.69) is 5.32 Å². The van der Waals surface area contributed by atoms with Gasteiger partial charge in [0.1, 0.15) is 5.69 Å². The van der Waals surface area contributed by atoms with Crippen LogP contribution in [0.15, 0.2) is 54.6 Å². The lowest BCUT2D eigenvalue weighted by Crippen LogP contribution is -2.47. The first-order valence-corrected chi connectivity index (χ1v) is 11.6. The second-order valence-electron chi connectivity index (χ2n) is 8.81. The van der Waals surface area contributed by atoms with Crippen LogP contribution in [0, 0.1) is 22.0 Å². The summed E-state index contributed by atoms with van der Waals surface area (Å²) in [4.78, 5) is 40.5. The number of carbonyl (C=O) groups is 2. The van der Waals surface area contributed by atoms with Crippen LogP contribution in [-0.4, -0.2) is 47.8 Å². The smallest absolute Gasteiger partial charge is 0.292 e. The molecule has 0 radical (unpaired) electrons. The molecule has 0 unspecified atom stereocenters. The predicted molar refractivity (Wildman–Crippen MR) is 126 cm³/mol. The lowest BCUT2D eigenvalue weighted by molar-refractivity contribution is -0.384. The van der Waals surface area contributed by atoms with Gasteiger partial charge in [-0.3, -0.25) is 19.7 Å². The Balaban J connectivity index is 1.23. The molecule has 2 fully saturated rings. The van der Waals surface area contributed by atoms with E-state index in [1.54, 1.807) is 18.2 Å². The molecule has 0 aromatic heterocycles. The van der Waals surface area contributed by atoms with Crippen molar-refractivity contribution in [3.8, 4) is 0 Å². The van der Waals surface area contributed by atoms with Crippen LogP contribution in [0.4, 0.5) is 11.4 Å². The van der Waals surface area contributed by atoms with Crippen LogP contribution in [0.1, 0.15) is 31.2 Å². The Hall–Kier alpha value is -3.42. The number of anilines is 1. The molecule has 2 aliphatic rings. The summed E-state index contributed by atoms with van der Waals surface area (Å²) in [6.45, 7) is 2.98. The molecular weight excluding hydrogens is 420 g/mol. The molecule has 2 aromatic carbocycles. The van der Waals surface area contributed by atoms with E-state index in [0.29, 0.717) is 64.1 Å². The van der Waals surface area contributed by atoms with Gasteiger partial charge in [-0.25, -0.2) is 0 Å². The summed E-state index contributed by atoms with van der Waals surface area (Å²) < 4.78 is 0. The summed E-state index contributed by atoms with van der Waals surface area (Å²) in [6, 6.07) is 16.6. The number of likely N-dealkylation sites (tertiary alicyclic amines) is 1. The fourth-order valence-electron chi connectivity index (χ4n) is 4.80. The van der Waals surface area contributed by atoms with Crippen LogP contribution in [0.5, 0.6) is 0 Å². The number of nitro benzene ring substituents is 1. The Morgan fingerprint density at radius 2 is 1.48 bits per heavy atom. The van der Waals surface area contributed by atoms with Crippen molar-refractivity contribution >= 4 is 23.2 Å². The fraction of sp³-hybridized carbons (Fsp3) is 0.440. The molecule has 0 aliphatic carbocycles. The molecule has 0 atom stereocenters. The Morgan fingerprint density at radius 1 is 0.879 bits per heavy atom. The number of carbonyl (C=O) groups excluding carboxylic acids is 2. The third kappa shape index (κ3) is 5.50. The van der Waals surface area contributed by atoms with Gasteiger partial charge in [0.05, 0.1) is 4.92 Å². The van der Waals surface area contributed by atoms with Gasteiger partial charge >= 0.3 is 0 Å². The number of nitro groups is 1. The Kier molecular flexibility index (Phi) is 7.22. The topological polar surface area (TPSA) is 95.8 Å². The van der Waals surface area contributed by atoms with Crippen molar-refractivity contribution in [1.29, 1.82) is 0 Å². The summed E-state index contributed by atoms with van der Waals surface area (Å²) in [5.74, 6) is 0.0924. The maximum atomic E-state index is 13.1. The number of para-hydroxylation sites is 2. The van der Waals surface area contributed by atoms with Crippen LogP contribution in [0.2, 0.25) is 0 Å². The van der Waals surface area contributed by atoms with Gasteiger partial charge in [-0.2, -0.15) is 0 Å². The SMILES string of the molecule is O=C(NCc1ccccc1)C1CCN(C(=O)C2CCN(c3ccccc3[N+](=O)[O-])CC2)CC1. The van der Waals surface area contributed by atoms with Crippen molar-refractivity contribution in [1.82, 2.24) is 10.2 Å². The molecule has 174 valence electrons. The number of hydrogen-bond donors (Lipinski definition) is 1. The minimum absolute atomic E-state index is 0.0572. The molecule has 8 heteroatoms. The van der Waals surface area contributed by atoms with E-state index in [1.807, 2.05) is 40.1 Å². The normalized spacial score (nSPS) is 17.6. The molecule has 2 saturated heterocycles. The van der Waals surface area contributed by atoms with Gasteiger partial charge in [-0.05, 0) is 37.3 Å². The first-order chi connectivity index (χ1) is 16.0. The molecule has 2 heterocycles. The maximum Gasteiger partial charge on any atom is 0.292 e. The monoisotopic (exact) mass is 450 g/mol. The van der Waals surface area contributed by atoms with Crippen molar-refractivity contribution in [2.75, 3.05) is 31.1 Å². The number of nitrogens with zero attached hydrogens (tertiary/aromatic N) is 3. The Morgan fingerprint density at radius 3 is 2.15 bits per heavy atom. The lowest BCUT2D eigenvalue weighted by atomic mass is 9.91. The highest BCUT2D eigenvalue weighted by Gasteiger charge is 2.33. The zero-order valence-corrected chi connectivity index (χ0v) is 18.7. The quantitative estimate of drug-likeness (QED) is 0.538. The van der Waals surface area contributed by atoms with Gasteiger partial charge in [-0.1, -0.05) is 42.5 Å². The van der Waals surface area contributed by atoms with Crippen molar-refractivity contribution < 1.29 is 14.5 Å². The molecule has 1 N–H and O–H groups in total. The maximum absolute atomic E-state index is 13.1. The third-order valence-electron chi connectivity index (χ3n) is 6.75. The molecule has 0 saturated carbocycles. The molecule has 2 aliphatic heterocycles. The van der Waals surface area contributed by atoms with Gasteiger partial charge in [0.2, 0.25) is 11.8 Å². The fourth-order valence-corrected chi connectivity index (χ4v) is 4.80. The summed E-state index contributed by atoms with van der Waals surface area (Å²) in [7, 11) is 0. The van der Waals surface area contributed by atoms with E-state index in [4.69, 9.17) is 0 Å². The number of benzene rings is 2. The average Bonchev–Trinajstić information content (AvgIpc) is 2.87. The van der Waals surface area contributed by atoms with E-state index in [-0.39, 0.29) is 34.3 Å². The van der Waals surface area contributed by atoms with Gasteiger partial charge in [0.25, 0.3) is 5.69 Å². The summed E-state index contributed by atoms with van der Waals surface area (Å²) in [5, 5.41) is 14.3. The third-order valence-corrected chi connectivity index (χ3v) is 6.75. The van der Waals surface area contributed by atoms with Crippen molar-refractivity contribution in [2.24, 2.45) is 11.8 Å². The number of piperidine rings is 2. The van der Waals surface area contributed by atoms with Crippen LogP contribution >= 0.6 is 0 Å². The second-order valence-corrected chi connectivity index (χ2v) is 8.81. The minimum Gasteiger partial charge on any atom is -0.366 e. The molecule has 33 heavy (non-hydrogen) atoms. The van der Waals surface area contributed by atoms with Gasteiger partial charge < -0.3 is 15.1 Å². The van der Waals surface area contributed by atoms with Crippen molar-refractivity contribution in [3.63, 3.8) is 0 Å². The van der Waals surface area contributed by atoms with E-state index in [0.717, 1.165) is 5.56 Å². The zero-order valence-electron chi connectivity index (χ0n) is 18.7. The lowest BCUT2D eigenvalue weighted by Gasteiger charge is -2.37. The van der Waals surface area contributed by atoms with E-state index in [1.165, 1.54) is 6.07 Å². The van der Waals surface area contributed by atoms with E-state index >= 15 is 0 Å². The second kappa shape index (κ2) is 10.5. The van der Waals surface area contributed by atoms with Crippen LogP contribution in [0.25, 0.3) is 0 Å².